The molecule has 1 heterocycles. The average Bonchev–Trinajstić information content (AvgIpc) is 2.13. The lowest BCUT2D eigenvalue weighted by Gasteiger charge is -1.94. The molecule has 0 amide bonds. The quantitative estimate of drug-likeness (QED) is 0.756. The van der Waals surface area contributed by atoms with Crippen LogP contribution in [0.1, 0.15) is 12.8 Å². The molecule has 1 aromatic rings. The van der Waals surface area contributed by atoms with Crippen molar-refractivity contribution in [3.8, 4) is 5.95 Å². The zero-order chi connectivity index (χ0) is 7.56. The largest absolute Gasteiger partial charge is 0.464 e. The van der Waals surface area contributed by atoms with E-state index in [0.29, 0.717) is 18.4 Å². The second kappa shape index (κ2) is 3.23. The fourth-order valence-electron chi connectivity index (χ4n) is 0.603. The van der Waals surface area contributed by atoms with Gasteiger partial charge in [0.25, 0.3) is 0 Å². The molecule has 0 atom stereocenters. The first-order chi connectivity index (χ1) is 4.74. The Morgan fingerprint density at radius 2 is 2.40 bits per heavy atom. The predicted octanol–water partition coefficient (Wildman–Crippen LogP) is 1.99. The van der Waals surface area contributed by atoms with Gasteiger partial charge in [0, 0.05) is 6.92 Å². The van der Waals surface area contributed by atoms with Crippen molar-refractivity contribution in [1.82, 2.24) is 4.98 Å². The third-order valence-corrected chi connectivity index (χ3v) is 1.62. The van der Waals surface area contributed by atoms with Crippen molar-refractivity contribution in [3.05, 3.63) is 9.59 Å². The molecule has 1 aromatic heterocycles. The molecule has 0 saturated carbocycles. The lowest BCUT2D eigenvalue weighted by Crippen LogP contribution is -1.90. The van der Waals surface area contributed by atoms with Crippen molar-refractivity contribution in [2.24, 2.45) is 0 Å². The maximum absolute atomic E-state index is 5.12. The van der Waals surface area contributed by atoms with E-state index in [9.17, 15) is 0 Å². The van der Waals surface area contributed by atoms with Gasteiger partial charge in [-0.15, -0.1) is 0 Å². The molecule has 0 aliphatic carbocycles. The van der Waals surface area contributed by atoms with Crippen LogP contribution in [0, 0.1) is 10.6 Å². The van der Waals surface area contributed by atoms with Crippen LogP contribution in [0.3, 0.4) is 0 Å². The van der Waals surface area contributed by atoms with Crippen molar-refractivity contribution in [2.45, 2.75) is 13.8 Å². The van der Waals surface area contributed by atoms with Gasteiger partial charge in [-0.2, -0.15) is 0 Å². The number of oxazole rings is 1. The standard InChI is InChI=1S/C6H8INO2/c1-3-9-6-5(7)8-4(2)10-6/h3H2,1-2H3. The van der Waals surface area contributed by atoms with Gasteiger partial charge in [0.15, 0.2) is 9.59 Å². The average molecular weight is 253 g/mol. The van der Waals surface area contributed by atoms with Crippen molar-refractivity contribution in [3.63, 3.8) is 0 Å². The van der Waals surface area contributed by atoms with E-state index >= 15 is 0 Å². The molecular formula is C6H8INO2. The molecule has 0 aliphatic heterocycles. The summed E-state index contributed by atoms with van der Waals surface area (Å²) in [6, 6.07) is 0. The van der Waals surface area contributed by atoms with E-state index in [2.05, 4.69) is 27.6 Å². The van der Waals surface area contributed by atoms with Crippen LogP contribution < -0.4 is 4.74 Å². The molecule has 0 unspecified atom stereocenters. The second-order valence-corrected chi connectivity index (χ2v) is 2.77. The first kappa shape index (κ1) is 7.84. The number of aromatic nitrogens is 1. The van der Waals surface area contributed by atoms with Gasteiger partial charge in [-0.1, -0.05) is 0 Å². The number of aryl methyl sites for hydroxylation is 1. The Kier molecular flexibility index (Phi) is 2.53. The Morgan fingerprint density at radius 3 is 2.80 bits per heavy atom. The Balaban J connectivity index is 2.81. The van der Waals surface area contributed by atoms with Gasteiger partial charge in [-0.3, -0.25) is 0 Å². The normalized spacial score (nSPS) is 9.90. The van der Waals surface area contributed by atoms with E-state index in [1.807, 2.05) is 6.92 Å². The minimum absolute atomic E-state index is 0.528. The van der Waals surface area contributed by atoms with Crippen molar-refractivity contribution >= 4 is 22.6 Å². The molecule has 0 saturated heterocycles. The van der Waals surface area contributed by atoms with Gasteiger partial charge in [0.2, 0.25) is 0 Å². The Hall–Kier alpha value is -0.260. The number of ether oxygens (including phenoxy) is 1. The highest BCUT2D eigenvalue weighted by atomic mass is 127. The SMILES string of the molecule is CCOc1oc(C)nc1I. The van der Waals surface area contributed by atoms with Crippen LogP contribution in [0.5, 0.6) is 5.95 Å². The second-order valence-electron chi connectivity index (χ2n) is 1.74. The molecule has 0 radical (unpaired) electrons. The fourth-order valence-corrected chi connectivity index (χ4v) is 1.21. The molecule has 0 aliphatic rings. The summed E-state index contributed by atoms with van der Waals surface area (Å²) in [4.78, 5) is 4.02. The van der Waals surface area contributed by atoms with Crippen molar-refractivity contribution in [2.75, 3.05) is 6.61 Å². The summed E-state index contributed by atoms with van der Waals surface area (Å²) >= 11 is 2.07. The third-order valence-electron chi connectivity index (χ3n) is 0.940. The van der Waals surface area contributed by atoms with Gasteiger partial charge in [0.1, 0.15) is 0 Å². The van der Waals surface area contributed by atoms with Gasteiger partial charge >= 0.3 is 5.95 Å². The van der Waals surface area contributed by atoms with Crippen LogP contribution in [-0.4, -0.2) is 11.6 Å². The van der Waals surface area contributed by atoms with E-state index in [0.717, 1.165) is 3.70 Å². The fraction of sp³-hybridized carbons (Fsp3) is 0.500. The molecular weight excluding hydrogens is 245 g/mol. The summed E-state index contributed by atoms with van der Waals surface area (Å²) in [5, 5.41) is 0. The third kappa shape index (κ3) is 1.62. The van der Waals surface area contributed by atoms with E-state index < -0.39 is 0 Å². The minimum atomic E-state index is 0.528. The molecule has 1 rings (SSSR count). The number of hydrogen-bond donors (Lipinski definition) is 0. The number of halogens is 1. The van der Waals surface area contributed by atoms with Gasteiger partial charge in [-0.05, 0) is 29.5 Å². The highest BCUT2D eigenvalue weighted by Crippen LogP contribution is 2.20. The number of hydrogen-bond acceptors (Lipinski definition) is 3. The van der Waals surface area contributed by atoms with Crippen LogP contribution in [0.2, 0.25) is 0 Å². The van der Waals surface area contributed by atoms with Gasteiger partial charge in [0.05, 0.1) is 6.61 Å². The lowest BCUT2D eigenvalue weighted by molar-refractivity contribution is 0.250. The van der Waals surface area contributed by atoms with Crippen molar-refractivity contribution in [1.29, 1.82) is 0 Å². The first-order valence-corrected chi connectivity index (χ1v) is 4.07. The highest BCUT2D eigenvalue weighted by molar-refractivity contribution is 14.1. The minimum Gasteiger partial charge on any atom is -0.464 e. The number of nitrogens with zero attached hydrogens (tertiary/aromatic N) is 1. The van der Waals surface area contributed by atoms with Crippen LogP contribution in [0.4, 0.5) is 0 Å². The molecule has 0 bridgehead atoms. The van der Waals surface area contributed by atoms with Crippen LogP contribution >= 0.6 is 22.6 Å². The molecule has 4 heteroatoms. The summed E-state index contributed by atoms with van der Waals surface area (Å²) in [6.45, 7) is 4.32. The van der Waals surface area contributed by atoms with E-state index in [-0.39, 0.29) is 0 Å². The van der Waals surface area contributed by atoms with E-state index in [1.54, 1.807) is 6.92 Å². The Labute approximate surface area is 72.9 Å². The molecule has 0 N–H and O–H groups in total. The van der Waals surface area contributed by atoms with Crippen LogP contribution in [0.15, 0.2) is 4.42 Å². The van der Waals surface area contributed by atoms with Crippen molar-refractivity contribution < 1.29 is 9.15 Å². The zero-order valence-electron chi connectivity index (χ0n) is 5.85. The first-order valence-electron chi connectivity index (χ1n) is 2.99. The highest BCUT2D eigenvalue weighted by Gasteiger charge is 2.07. The number of rotatable bonds is 2. The molecule has 3 nitrogen and oxygen atoms in total. The van der Waals surface area contributed by atoms with Gasteiger partial charge < -0.3 is 9.15 Å². The molecule has 10 heavy (non-hydrogen) atoms. The monoisotopic (exact) mass is 253 g/mol. The maximum Gasteiger partial charge on any atom is 0.319 e. The summed E-state index contributed by atoms with van der Waals surface area (Å²) in [5.41, 5.74) is 0. The molecule has 0 aromatic carbocycles. The Morgan fingerprint density at radius 1 is 1.70 bits per heavy atom. The lowest BCUT2D eigenvalue weighted by atomic mass is 10.8. The van der Waals surface area contributed by atoms with Crippen LogP contribution in [-0.2, 0) is 0 Å². The molecule has 56 valence electrons. The van der Waals surface area contributed by atoms with E-state index in [4.69, 9.17) is 9.15 Å². The maximum atomic E-state index is 5.12. The summed E-state index contributed by atoms with van der Waals surface area (Å²) < 4.78 is 11.0. The molecule has 0 fully saturated rings. The topological polar surface area (TPSA) is 35.3 Å². The predicted molar refractivity (Wildman–Crippen MR) is 45.1 cm³/mol. The summed E-state index contributed by atoms with van der Waals surface area (Å²) in [6.07, 6.45) is 0. The summed E-state index contributed by atoms with van der Waals surface area (Å²) in [7, 11) is 0. The Bertz CT molecular complexity index is 222. The summed E-state index contributed by atoms with van der Waals surface area (Å²) in [5.74, 6) is 1.17. The van der Waals surface area contributed by atoms with Crippen LogP contribution in [0.25, 0.3) is 0 Å². The van der Waals surface area contributed by atoms with Gasteiger partial charge in [-0.25, -0.2) is 4.98 Å². The zero-order valence-corrected chi connectivity index (χ0v) is 8.01. The van der Waals surface area contributed by atoms with E-state index in [1.165, 1.54) is 0 Å². The molecule has 0 spiro atoms. The smallest absolute Gasteiger partial charge is 0.319 e.